The van der Waals surface area contributed by atoms with Crippen LogP contribution in [-0.4, -0.2) is 15.5 Å². The summed E-state index contributed by atoms with van der Waals surface area (Å²) in [4.78, 5) is 16.5. The molecule has 1 aromatic heterocycles. The van der Waals surface area contributed by atoms with E-state index in [2.05, 4.69) is 11.9 Å². The monoisotopic (exact) mass is 310 g/mol. The topological polar surface area (TPSA) is 34.9 Å². The lowest BCUT2D eigenvalue weighted by molar-refractivity contribution is 0.0871. The molecule has 106 valence electrons. The number of carbonyl (C=O) groups excluding carboxylic acids is 1. The van der Waals surface area contributed by atoms with Gasteiger partial charge in [0.05, 0.1) is 5.92 Å². The van der Waals surface area contributed by atoms with Crippen molar-refractivity contribution in [2.45, 2.75) is 32.1 Å². The fourth-order valence-electron chi connectivity index (χ4n) is 2.17. The van der Waals surface area contributed by atoms with Crippen LogP contribution in [0.1, 0.15) is 42.5 Å². The van der Waals surface area contributed by atoms with E-state index in [1.54, 1.807) is 24.5 Å². The van der Waals surface area contributed by atoms with E-state index in [9.17, 15) is 4.79 Å². The Morgan fingerprint density at radius 1 is 1.40 bits per heavy atom. The molecule has 0 N–H and O–H groups in total. The van der Waals surface area contributed by atoms with Crippen molar-refractivity contribution in [2.75, 3.05) is 0 Å². The number of nitrogens with zero attached hydrogens (tertiary/aromatic N) is 2. The predicted octanol–water partition coefficient (Wildman–Crippen LogP) is 4.80. The molecule has 0 amide bonds. The highest BCUT2D eigenvalue weighted by atomic mass is 35.5. The molecule has 3 nitrogen and oxygen atoms in total. The Hall–Kier alpha value is -1.32. The highest BCUT2D eigenvalue weighted by Gasteiger charge is 2.23. The lowest BCUT2D eigenvalue weighted by Gasteiger charge is -2.17. The van der Waals surface area contributed by atoms with Crippen molar-refractivity contribution < 1.29 is 4.79 Å². The predicted molar refractivity (Wildman–Crippen MR) is 81.6 cm³/mol. The molecule has 0 fully saturated rings. The van der Waals surface area contributed by atoms with E-state index >= 15 is 0 Å². The molecule has 1 heterocycles. The quantitative estimate of drug-likeness (QED) is 0.794. The van der Waals surface area contributed by atoms with Crippen molar-refractivity contribution in [3.63, 3.8) is 0 Å². The van der Waals surface area contributed by atoms with Gasteiger partial charge in [-0.1, -0.05) is 49.0 Å². The number of rotatable bonds is 5. The minimum absolute atomic E-state index is 0.0137. The van der Waals surface area contributed by atoms with E-state index < -0.39 is 0 Å². The molecule has 1 aromatic carbocycles. The third-order valence-corrected chi connectivity index (χ3v) is 3.80. The van der Waals surface area contributed by atoms with E-state index in [1.807, 2.05) is 6.07 Å². The van der Waals surface area contributed by atoms with Crippen LogP contribution in [0.3, 0.4) is 0 Å². The number of halogens is 2. The van der Waals surface area contributed by atoms with Crippen molar-refractivity contribution >= 4 is 29.1 Å². The maximum atomic E-state index is 12.6. The van der Waals surface area contributed by atoms with Gasteiger partial charge in [-0.05, 0) is 24.1 Å². The van der Waals surface area contributed by atoms with Crippen molar-refractivity contribution in [2.24, 2.45) is 0 Å². The van der Waals surface area contributed by atoms with Gasteiger partial charge >= 0.3 is 0 Å². The number of hydrogen-bond acceptors (Lipinski definition) is 2. The molecule has 0 aliphatic carbocycles. The smallest absolute Gasteiger partial charge is 0.239 e. The van der Waals surface area contributed by atoms with Gasteiger partial charge in [0.25, 0.3) is 0 Å². The first-order chi connectivity index (χ1) is 9.63. The molecule has 0 bridgehead atoms. The first-order valence-electron chi connectivity index (χ1n) is 6.60. The van der Waals surface area contributed by atoms with E-state index in [0.29, 0.717) is 10.0 Å². The summed E-state index contributed by atoms with van der Waals surface area (Å²) >= 11 is 12.2. The molecule has 0 saturated carbocycles. The average molecular weight is 311 g/mol. The van der Waals surface area contributed by atoms with Crippen LogP contribution < -0.4 is 0 Å². The van der Waals surface area contributed by atoms with Crippen LogP contribution in [0.15, 0.2) is 36.9 Å². The minimum atomic E-state index is -0.270. The summed E-state index contributed by atoms with van der Waals surface area (Å²) in [5.74, 6) is -0.283. The molecule has 1 unspecified atom stereocenters. The van der Waals surface area contributed by atoms with E-state index in [-0.39, 0.29) is 11.8 Å². The number of hydrogen-bond donors (Lipinski definition) is 0. The van der Waals surface area contributed by atoms with Crippen molar-refractivity contribution in [3.05, 3.63) is 52.5 Å². The summed E-state index contributed by atoms with van der Waals surface area (Å²) < 4.78 is 1.51. The first kappa shape index (κ1) is 15.1. The van der Waals surface area contributed by atoms with Gasteiger partial charge in [0.1, 0.15) is 6.33 Å². The molecule has 0 aliphatic rings. The van der Waals surface area contributed by atoms with E-state index in [4.69, 9.17) is 23.2 Å². The van der Waals surface area contributed by atoms with Gasteiger partial charge in [0.15, 0.2) is 0 Å². The number of carbonyl (C=O) groups is 1. The van der Waals surface area contributed by atoms with E-state index in [1.165, 1.54) is 10.9 Å². The minimum Gasteiger partial charge on any atom is -0.276 e. The zero-order valence-electron chi connectivity index (χ0n) is 11.2. The Labute approximate surface area is 128 Å². The molecular weight excluding hydrogens is 295 g/mol. The lowest BCUT2D eigenvalue weighted by Crippen LogP contribution is -2.19. The second kappa shape index (κ2) is 6.91. The molecule has 1 atom stereocenters. The molecule has 5 heteroatoms. The SMILES string of the molecule is CCCCC(C(=O)n1ccnc1)c1ccc(Cl)cc1Cl. The Balaban J connectivity index is 2.34. The van der Waals surface area contributed by atoms with E-state index in [0.717, 1.165) is 24.8 Å². The molecule has 0 saturated heterocycles. The van der Waals surface area contributed by atoms with Crippen molar-refractivity contribution in [3.8, 4) is 0 Å². The summed E-state index contributed by atoms with van der Waals surface area (Å²) in [5.41, 5.74) is 0.822. The Morgan fingerprint density at radius 3 is 2.80 bits per heavy atom. The fraction of sp³-hybridized carbons (Fsp3) is 0.333. The fourth-order valence-corrected chi connectivity index (χ4v) is 2.71. The van der Waals surface area contributed by atoms with Gasteiger partial charge in [-0.2, -0.15) is 0 Å². The van der Waals surface area contributed by atoms with Gasteiger partial charge in [0, 0.05) is 22.4 Å². The van der Waals surface area contributed by atoms with Crippen molar-refractivity contribution in [1.82, 2.24) is 9.55 Å². The third kappa shape index (κ3) is 3.41. The summed E-state index contributed by atoms with van der Waals surface area (Å²) in [6, 6.07) is 5.28. The second-order valence-electron chi connectivity index (χ2n) is 4.67. The van der Waals surface area contributed by atoms with Gasteiger partial charge < -0.3 is 0 Å². The van der Waals surface area contributed by atoms with Crippen LogP contribution in [0, 0.1) is 0 Å². The summed E-state index contributed by atoms with van der Waals surface area (Å²) in [7, 11) is 0. The van der Waals surface area contributed by atoms with Gasteiger partial charge in [0.2, 0.25) is 5.91 Å². The molecule has 0 radical (unpaired) electrons. The van der Waals surface area contributed by atoms with Crippen LogP contribution in [0.4, 0.5) is 0 Å². The first-order valence-corrected chi connectivity index (χ1v) is 7.36. The highest BCUT2D eigenvalue weighted by molar-refractivity contribution is 6.35. The van der Waals surface area contributed by atoms with Crippen LogP contribution in [-0.2, 0) is 0 Å². The van der Waals surface area contributed by atoms with Crippen LogP contribution in [0.2, 0.25) is 10.0 Å². The summed E-state index contributed by atoms with van der Waals surface area (Å²) in [5, 5.41) is 1.11. The molecule has 0 aliphatic heterocycles. The van der Waals surface area contributed by atoms with Gasteiger partial charge in [-0.15, -0.1) is 0 Å². The van der Waals surface area contributed by atoms with Crippen LogP contribution in [0.5, 0.6) is 0 Å². The second-order valence-corrected chi connectivity index (χ2v) is 5.51. The highest BCUT2D eigenvalue weighted by Crippen LogP contribution is 2.32. The van der Waals surface area contributed by atoms with Crippen LogP contribution >= 0.6 is 23.2 Å². The Kier molecular flexibility index (Phi) is 5.21. The lowest BCUT2D eigenvalue weighted by atomic mass is 9.92. The molecule has 2 rings (SSSR count). The molecule has 2 aromatic rings. The number of imidazole rings is 1. The zero-order valence-corrected chi connectivity index (χ0v) is 12.7. The average Bonchev–Trinajstić information content (AvgIpc) is 2.94. The number of unbranched alkanes of at least 4 members (excludes halogenated alkanes) is 1. The molecule has 0 spiro atoms. The Morgan fingerprint density at radius 2 is 2.20 bits per heavy atom. The van der Waals surface area contributed by atoms with Crippen molar-refractivity contribution in [1.29, 1.82) is 0 Å². The zero-order chi connectivity index (χ0) is 14.5. The number of aromatic nitrogens is 2. The normalized spacial score (nSPS) is 12.3. The molecular formula is C15H16Cl2N2O. The number of benzene rings is 1. The maximum Gasteiger partial charge on any atom is 0.239 e. The van der Waals surface area contributed by atoms with Gasteiger partial charge in [-0.3, -0.25) is 9.36 Å². The third-order valence-electron chi connectivity index (χ3n) is 3.24. The summed E-state index contributed by atoms with van der Waals surface area (Å²) in [6.45, 7) is 2.10. The molecule has 20 heavy (non-hydrogen) atoms. The summed E-state index contributed by atoms with van der Waals surface area (Å²) in [6.07, 6.45) is 7.52. The Bertz CT molecular complexity index is 582. The largest absolute Gasteiger partial charge is 0.276 e. The van der Waals surface area contributed by atoms with Gasteiger partial charge in [-0.25, -0.2) is 4.98 Å². The maximum absolute atomic E-state index is 12.6. The standard InChI is InChI=1S/C15H16Cl2N2O/c1-2-3-4-13(15(20)19-8-7-18-10-19)12-6-5-11(16)9-14(12)17/h5-10,13H,2-4H2,1H3. The van der Waals surface area contributed by atoms with Crippen LogP contribution in [0.25, 0.3) is 0 Å².